The van der Waals surface area contributed by atoms with Crippen molar-refractivity contribution in [3.05, 3.63) is 0 Å². The molecule has 2 aliphatic rings. The van der Waals surface area contributed by atoms with Gasteiger partial charge in [-0.1, -0.05) is 6.92 Å². The lowest BCUT2D eigenvalue weighted by molar-refractivity contribution is -0.152. The van der Waals surface area contributed by atoms with Crippen molar-refractivity contribution in [2.45, 2.75) is 77.1 Å². The number of hydrogen-bond donors (Lipinski definition) is 3. The van der Waals surface area contributed by atoms with E-state index >= 15 is 0 Å². The molecule has 0 unspecified atom stereocenters. The van der Waals surface area contributed by atoms with Gasteiger partial charge in [-0.25, -0.2) is 0 Å². The highest BCUT2D eigenvalue weighted by Crippen LogP contribution is 2.59. The molecule has 106 valence electrons. The summed E-state index contributed by atoms with van der Waals surface area (Å²) < 4.78 is 0. The summed E-state index contributed by atoms with van der Waals surface area (Å²) in [5.41, 5.74) is -1.59. The van der Waals surface area contributed by atoms with Crippen molar-refractivity contribution in [2.75, 3.05) is 0 Å². The van der Waals surface area contributed by atoms with Gasteiger partial charge in [-0.3, -0.25) is 0 Å². The zero-order chi connectivity index (χ0) is 13.8. The number of rotatable bonds is 2. The van der Waals surface area contributed by atoms with E-state index in [9.17, 15) is 15.3 Å². The van der Waals surface area contributed by atoms with E-state index in [1.807, 2.05) is 20.8 Å². The third kappa shape index (κ3) is 2.33. The molecule has 0 aromatic rings. The number of fused-ring (bicyclic) bond motifs is 1. The summed E-state index contributed by atoms with van der Waals surface area (Å²) in [6.45, 7) is 7.68. The molecule has 0 bridgehead atoms. The van der Waals surface area contributed by atoms with Gasteiger partial charge in [0.1, 0.15) is 0 Å². The first-order valence-corrected chi connectivity index (χ1v) is 7.19. The molecule has 0 aromatic carbocycles. The Kier molecular flexibility index (Phi) is 3.33. The molecule has 3 N–H and O–H groups in total. The van der Waals surface area contributed by atoms with Crippen LogP contribution in [0.25, 0.3) is 0 Å². The SMILES string of the molecule is CC(C)(O)C[C@H]1CC[C@@]2(C)[C@H](O)CC[C@@](C)(O)[C@H]12. The molecule has 2 rings (SSSR count). The quantitative estimate of drug-likeness (QED) is 0.709. The minimum absolute atomic E-state index is 0.0974. The van der Waals surface area contributed by atoms with Crippen LogP contribution in [0.2, 0.25) is 0 Å². The molecule has 0 heterocycles. The van der Waals surface area contributed by atoms with Crippen LogP contribution in [0.3, 0.4) is 0 Å². The minimum atomic E-state index is -0.708. The van der Waals surface area contributed by atoms with Crippen LogP contribution in [0.4, 0.5) is 0 Å². The number of aliphatic hydroxyl groups excluding tert-OH is 1. The van der Waals surface area contributed by atoms with Crippen molar-refractivity contribution in [3.8, 4) is 0 Å². The fourth-order valence-corrected chi connectivity index (χ4v) is 4.72. The summed E-state index contributed by atoms with van der Waals surface area (Å²) in [6, 6.07) is 0. The van der Waals surface area contributed by atoms with Crippen LogP contribution in [0.5, 0.6) is 0 Å². The standard InChI is InChI=1S/C15H28O3/c1-13(2,17)9-10-5-7-14(3)11(16)6-8-15(4,18)12(10)14/h10-12,16-18H,5-9H2,1-4H3/t10-,11-,12-,14+,15-/m1/s1. The van der Waals surface area contributed by atoms with Crippen LogP contribution in [-0.2, 0) is 0 Å². The van der Waals surface area contributed by atoms with E-state index in [1.165, 1.54) is 0 Å². The molecule has 2 aliphatic carbocycles. The van der Waals surface area contributed by atoms with Gasteiger partial charge in [-0.05, 0) is 70.1 Å². The van der Waals surface area contributed by atoms with E-state index in [1.54, 1.807) is 0 Å². The highest BCUT2D eigenvalue weighted by molar-refractivity contribution is 5.09. The van der Waals surface area contributed by atoms with Gasteiger partial charge in [0.2, 0.25) is 0 Å². The van der Waals surface area contributed by atoms with Crippen molar-refractivity contribution in [1.29, 1.82) is 0 Å². The molecule has 3 heteroatoms. The van der Waals surface area contributed by atoms with Gasteiger partial charge in [-0.15, -0.1) is 0 Å². The van der Waals surface area contributed by atoms with Gasteiger partial charge >= 0.3 is 0 Å². The van der Waals surface area contributed by atoms with Gasteiger partial charge in [0, 0.05) is 0 Å². The predicted octanol–water partition coefficient (Wildman–Crippen LogP) is 2.09. The average molecular weight is 256 g/mol. The summed E-state index contributed by atoms with van der Waals surface area (Å²) in [4.78, 5) is 0. The lowest BCUT2D eigenvalue weighted by Crippen LogP contribution is -2.54. The fraction of sp³-hybridized carbons (Fsp3) is 1.00. The Balaban J connectivity index is 2.27. The van der Waals surface area contributed by atoms with Crippen molar-refractivity contribution >= 4 is 0 Å². The maximum absolute atomic E-state index is 10.7. The Hall–Kier alpha value is -0.120. The predicted molar refractivity (Wildman–Crippen MR) is 71.1 cm³/mol. The van der Waals surface area contributed by atoms with Gasteiger partial charge < -0.3 is 15.3 Å². The second-order valence-electron chi connectivity index (χ2n) is 7.71. The molecule has 2 fully saturated rings. The molecule has 0 aromatic heterocycles. The number of aliphatic hydroxyl groups is 3. The fourth-order valence-electron chi connectivity index (χ4n) is 4.72. The molecule has 2 saturated carbocycles. The molecular formula is C15H28O3. The van der Waals surface area contributed by atoms with Crippen molar-refractivity contribution < 1.29 is 15.3 Å². The molecule has 0 amide bonds. The summed E-state index contributed by atoms with van der Waals surface area (Å²) in [6.07, 6.45) is 3.70. The third-order valence-electron chi connectivity index (χ3n) is 5.35. The lowest BCUT2D eigenvalue weighted by Gasteiger charge is -2.51. The van der Waals surface area contributed by atoms with Crippen LogP contribution in [-0.4, -0.2) is 32.6 Å². The van der Waals surface area contributed by atoms with E-state index < -0.39 is 11.2 Å². The van der Waals surface area contributed by atoms with Crippen LogP contribution in [0, 0.1) is 17.3 Å². The monoisotopic (exact) mass is 256 g/mol. The first kappa shape index (κ1) is 14.3. The van der Waals surface area contributed by atoms with E-state index in [2.05, 4.69) is 6.92 Å². The van der Waals surface area contributed by atoms with Crippen LogP contribution < -0.4 is 0 Å². The van der Waals surface area contributed by atoms with Crippen molar-refractivity contribution in [2.24, 2.45) is 17.3 Å². The average Bonchev–Trinajstić information content (AvgIpc) is 2.51. The Labute approximate surface area is 110 Å². The maximum atomic E-state index is 10.7. The smallest absolute Gasteiger partial charge is 0.0657 e. The third-order valence-corrected chi connectivity index (χ3v) is 5.35. The molecule has 18 heavy (non-hydrogen) atoms. The van der Waals surface area contributed by atoms with Crippen molar-refractivity contribution in [3.63, 3.8) is 0 Å². The van der Waals surface area contributed by atoms with E-state index in [-0.39, 0.29) is 17.4 Å². The van der Waals surface area contributed by atoms with Crippen LogP contribution in [0.1, 0.15) is 59.8 Å². The Morgan fingerprint density at radius 3 is 2.33 bits per heavy atom. The zero-order valence-corrected chi connectivity index (χ0v) is 12.1. The van der Waals surface area contributed by atoms with Gasteiger partial charge in [0.25, 0.3) is 0 Å². The molecule has 0 radical (unpaired) electrons. The van der Waals surface area contributed by atoms with Crippen LogP contribution in [0.15, 0.2) is 0 Å². The maximum Gasteiger partial charge on any atom is 0.0657 e. The minimum Gasteiger partial charge on any atom is -0.393 e. The Morgan fingerprint density at radius 1 is 1.17 bits per heavy atom. The summed E-state index contributed by atoms with van der Waals surface area (Å²) in [5.74, 6) is 0.403. The van der Waals surface area contributed by atoms with Gasteiger partial charge in [-0.2, -0.15) is 0 Å². The first-order valence-electron chi connectivity index (χ1n) is 7.19. The normalized spacial score (nSPS) is 49.2. The molecule has 0 aliphatic heterocycles. The summed E-state index contributed by atoms with van der Waals surface area (Å²) in [5, 5.41) is 31.1. The topological polar surface area (TPSA) is 60.7 Å². The van der Waals surface area contributed by atoms with E-state index in [0.717, 1.165) is 12.8 Å². The molecule has 3 nitrogen and oxygen atoms in total. The second-order valence-corrected chi connectivity index (χ2v) is 7.71. The van der Waals surface area contributed by atoms with Gasteiger partial charge in [0.05, 0.1) is 17.3 Å². The summed E-state index contributed by atoms with van der Waals surface area (Å²) in [7, 11) is 0. The molecule has 5 atom stereocenters. The highest BCUT2D eigenvalue weighted by Gasteiger charge is 2.59. The van der Waals surface area contributed by atoms with Crippen molar-refractivity contribution in [1.82, 2.24) is 0 Å². The first-order chi connectivity index (χ1) is 8.06. The number of hydrogen-bond acceptors (Lipinski definition) is 3. The zero-order valence-electron chi connectivity index (χ0n) is 12.1. The van der Waals surface area contributed by atoms with E-state index in [4.69, 9.17) is 0 Å². The van der Waals surface area contributed by atoms with Gasteiger partial charge in [0.15, 0.2) is 0 Å². The Morgan fingerprint density at radius 2 is 1.78 bits per heavy atom. The highest BCUT2D eigenvalue weighted by atomic mass is 16.3. The molecule has 0 spiro atoms. The Bertz CT molecular complexity index is 318. The van der Waals surface area contributed by atoms with Crippen LogP contribution >= 0.6 is 0 Å². The molecule has 0 saturated heterocycles. The summed E-state index contributed by atoms with van der Waals surface area (Å²) >= 11 is 0. The second kappa shape index (κ2) is 4.19. The largest absolute Gasteiger partial charge is 0.393 e. The lowest BCUT2D eigenvalue weighted by atomic mass is 9.58. The molecular weight excluding hydrogens is 228 g/mol. The van der Waals surface area contributed by atoms with E-state index in [0.29, 0.717) is 25.2 Å².